The van der Waals surface area contributed by atoms with Gasteiger partial charge >= 0.3 is 0 Å². The molecule has 0 N–H and O–H groups in total. The van der Waals surface area contributed by atoms with Crippen LogP contribution in [-0.2, 0) is 15.2 Å². The molecule has 0 fully saturated rings. The standard InChI is InChI=1S/C12H7Cl6N3O.C12H7Cl6N3/c1-22-7-4-2-6(3-5-7)8-19-9(11(13,14)15)21-10(20-8)12(16,17)18;1-6-2-4-7(5-3-6)8-19-9(11(13,14)15)21-10(20-8)12(16,17)18/h2-5H,1H3;2-5H,1H3. The highest BCUT2D eigenvalue weighted by Crippen LogP contribution is 2.42. The molecule has 0 aliphatic rings. The predicted molar refractivity (Wildman–Crippen MR) is 179 cm³/mol. The summed E-state index contributed by atoms with van der Waals surface area (Å²) in [5.41, 5.74) is 2.39. The van der Waals surface area contributed by atoms with Gasteiger partial charge in [-0.05, 0) is 31.2 Å². The second-order valence-corrected chi connectivity index (χ2v) is 17.3. The molecule has 43 heavy (non-hydrogen) atoms. The van der Waals surface area contributed by atoms with Crippen molar-refractivity contribution < 1.29 is 4.74 Å². The summed E-state index contributed by atoms with van der Waals surface area (Å²) in [6, 6.07) is 14.3. The van der Waals surface area contributed by atoms with Gasteiger partial charge in [-0.1, -0.05) is 169 Å². The number of aryl methyl sites for hydroxylation is 1. The number of nitrogens with zero attached hydrogens (tertiary/aromatic N) is 6. The second-order valence-electron chi connectivity index (χ2n) is 8.20. The molecule has 2 aromatic heterocycles. The summed E-state index contributed by atoms with van der Waals surface area (Å²) in [4.78, 5) is 24.3. The first-order valence-corrected chi connectivity index (χ1v) is 15.7. The van der Waals surface area contributed by atoms with E-state index < -0.39 is 15.2 Å². The molecule has 0 saturated heterocycles. The second kappa shape index (κ2) is 14.7. The van der Waals surface area contributed by atoms with Crippen molar-refractivity contribution in [1.29, 1.82) is 0 Å². The number of hydrogen-bond donors (Lipinski definition) is 0. The average molecular weight is 828 g/mol. The van der Waals surface area contributed by atoms with Crippen molar-refractivity contribution in [3.8, 4) is 28.5 Å². The summed E-state index contributed by atoms with van der Waals surface area (Å²) < 4.78 is -2.39. The van der Waals surface area contributed by atoms with E-state index in [1.54, 1.807) is 31.4 Å². The number of rotatable bonds is 3. The van der Waals surface area contributed by atoms with Crippen molar-refractivity contribution in [2.75, 3.05) is 7.11 Å². The fraction of sp³-hybridized carbons (Fsp3) is 0.250. The molecule has 0 bridgehead atoms. The molecule has 0 radical (unpaired) electrons. The maximum Gasteiger partial charge on any atom is 0.250 e. The lowest BCUT2D eigenvalue weighted by molar-refractivity contribution is 0.415. The lowest BCUT2D eigenvalue weighted by Gasteiger charge is -2.15. The van der Waals surface area contributed by atoms with E-state index in [2.05, 4.69) is 29.9 Å². The molecule has 4 aromatic rings. The third-order valence-electron chi connectivity index (χ3n) is 4.94. The van der Waals surface area contributed by atoms with Gasteiger partial charge in [0.05, 0.1) is 7.11 Å². The zero-order valence-electron chi connectivity index (χ0n) is 21.2. The van der Waals surface area contributed by atoms with Gasteiger partial charge in [-0.15, -0.1) is 0 Å². The van der Waals surface area contributed by atoms with Crippen molar-refractivity contribution >= 4 is 139 Å². The minimum Gasteiger partial charge on any atom is -0.497 e. The van der Waals surface area contributed by atoms with Crippen LogP contribution in [0.3, 0.4) is 0 Å². The summed E-state index contributed by atoms with van der Waals surface area (Å²) in [5.74, 6) is 0.632. The molecule has 7 nitrogen and oxygen atoms in total. The summed E-state index contributed by atoms with van der Waals surface area (Å²) in [5, 5.41) is 0. The Bertz CT molecular complexity index is 1480. The van der Waals surface area contributed by atoms with Gasteiger partial charge in [0, 0.05) is 11.1 Å². The summed E-state index contributed by atoms with van der Waals surface area (Å²) in [6.07, 6.45) is 0. The van der Waals surface area contributed by atoms with Crippen LogP contribution in [0.25, 0.3) is 22.8 Å². The maximum absolute atomic E-state index is 5.82. The van der Waals surface area contributed by atoms with Crippen molar-refractivity contribution in [3.63, 3.8) is 0 Å². The molecule has 0 unspecified atom stereocenters. The van der Waals surface area contributed by atoms with Crippen LogP contribution in [0.2, 0.25) is 0 Å². The van der Waals surface area contributed by atoms with E-state index in [0.29, 0.717) is 16.9 Å². The topological polar surface area (TPSA) is 86.6 Å². The Labute approximate surface area is 306 Å². The smallest absolute Gasteiger partial charge is 0.250 e. The Balaban J connectivity index is 0.000000236. The molecule has 2 heterocycles. The van der Waals surface area contributed by atoms with Gasteiger partial charge in [-0.3, -0.25) is 0 Å². The summed E-state index contributed by atoms with van der Waals surface area (Å²) in [6.45, 7) is 1.96. The van der Waals surface area contributed by atoms with Gasteiger partial charge in [0.1, 0.15) is 5.75 Å². The molecule has 0 aliphatic heterocycles. The van der Waals surface area contributed by atoms with Gasteiger partial charge in [0.25, 0.3) is 0 Å². The van der Waals surface area contributed by atoms with Gasteiger partial charge in [-0.2, -0.15) is 0 Å². The molecule has 0 atom stereocenters. The molecule has 2 aromatic carbocycles. The van der Waals surface area contributed by atoms with Crippen LogP contribution in [0.1, 0.15) is 28.9 Å². The minimum absolute atomic E-state index is 0.112. The first-order chi connectivity index (χ1) is 19.7. The van der Waals surface area contributed by atoms with Crippen LogP contribution in [0.5, 0.6) is 5.75 Å². The Hall–Kier alpha value is -0.260. The highest BCUT2D eigenvalue weighted by atomic mass is 35.6. The molecule has 19 heteroatoms. The van der Waals surface area contributed by atoms with Crippen molar-refractivity contribution in [2.45, 2.75) is 22.1 Å². The largest absolute Gasteiger partial charge is 0.497 e. The molecule has 230 valence electrons. The van der Waals surface area contributed by atoms with Gasteiger partial charge in [0.2, 0.25) is 15.2 Å². The number of ether oxygens (including phenoxy) is 1. The fourth-order valence-electron chi connectivity index (χ4n) is 2.96. The number of aromatic nitrogens is 6. The quantitative estimate of drug-likeness (QED) is 0.190. The highest BCUT2D eigenvalue weighted by molar-refractivity contribution is 6.68. The van der Waals surface area contributed by atoms with Crippen LogP contribution >= 0.6 is 139 Å². The number of methoxy groups -OCH3 is 1. The van der Waals surface area contributed by atoms with Crippen LogP contribution in [-0.4, -0.2) is 37.0 Å². The van der Waals surface area contributed by atoms with Crippen LogP contribution in [0, 0.1) is 6.92 Å². The van der Waals surface area contributed by atoms with E-state index in [4.69, 9.17) is 144 Å². The Kier molecular flexibility index (Phi) is 12.7. The lowest BCUT2D eigenvalue weighted by Crippen LogP contribution is -2.16. The Morgan fingerprint density at radius 2 is 0.721 bits per heavy atom. The molecule has 0 aliphatic carbocycles. The third kappa shape index (κ3) is 10.9. The fourth-order valence-corrected chi connectivity index (χ4v) is 3.97. The number of alkyl halides is 12. The monoisotopic (exact) mass is 822 g/mol. The van der Waals surface area contributed by atoms with E-state index >= 15 is 0 Å². The molecule has 0 spiro atoms. The maximum atomic E-state index is 5.82. The van der Waals surface area contributed by atoms with Crippen LogP contribution in [0.15, 0.2) is 48.5 Å². The average Bonchev–Trinajstić information content (AvgIpc) is 2.91. The number of hydrogen-bond acceptors (Lipinski definition) is 7. The van der Waals surface area contributed by atoms with Gasteiger partial charge in [0.15, 0.2) is 34.9 Å². The first-order valence-electron chi connectivity index (χ1n) is 11.2. The lowest BCUT2D eigenvalue weighted by atomic mass is 10.1. The van der Waals surface area contributed by atoms with Crippen molar-refractivity contribution in [2.24, 2.45) is 0 Å². The summed E-state index contributed by atoms with van der Waals surface area (Å²) >= 11 is 69.8. The van der Waals surface area contributed by atoms with E-state index in [9.17, 15) is 0 Å². The van der Waals surface area contributed by atoms with E-state index in [1.807, 2.05) is 31.2 Å². The zero-order chi connectivity index (χ0) is 32.4. The molecule has 4 rings (SSSR count). The Morgan fingerprint density at radius 1 is 0.442 bits per heavy atom. The highest BCUT2D eigenvalue weighted by Gasteiger charge is 2.35. The predicted octanol–water partition coefficient (Wildman–Crippen LogP) is 10.7. The van der Waals surface area contributed by atoms with Gasteiger partial charge in [-0.25, -0.2) is 29.9 Å². The molecular weight excluding hydrogens is 814 g/mol. The summed E-state index contributed by atoms with van der Waals surface area (Å²) in [7, 11) is 1.56. The molecular formula is C24H14Cl12N6O. The first kappa shape index (κ1) is 37.2. The SMILES string of the molecule is COc1ccc(-c2nc(C(Cl)(Cl)Cl)nc(C(Cl)(Cl)Cl)n2)cc1.Cc1ccc(-c2nc(C(Cl)(Cl)Cl)nc(C(Cl)(Cl)Cl)n2)cc1. The van der Waals surface area contributed by atoms with Crippen LogP contribution < -0.4 is 4.74 Å². The van der Waals surface area contributed by atoms with Crippen molar-refractivity contribution in [1.82, 2.24) is 29.9 Å². The normalized spacial score (nSPS) is 12.4. The van der Waals surface area contributed by atoms with E-state index in [-0.39, 0.29) is 34.9 Å². The van der Waals surface area contributed by atoms with E-state index in [0.717, 1.165) is 5.56 Å². The van der Waals surface area contributed by atoms with Gasteiger partial charge < -0.3 is 4.74 Å². The zero-order valence-corrected chi connectivity index (χ0v) is 30.3. The minimum atomic E-state index is -1.88. The van der Waals surface area contributed by atoms with E-state index in [1.165, 1.54) is 0 Å². The van der Waals surface area contributed by atoms with Crippen LogP contribution in [0.4, 0.5) is 0 Å². The Morgan fingerprint density at radius 3 is 0.977 bits per heavy atom. The molecule has 0 amide bonds. The molecule has 0 saturated carbocycles. The third-order valence-corrected chi connectivity index (χ3v) is 6.97. The number of halogens is 12. The van der Waals surface area contributed by atoms with Crippen molar-refractivity contribution in [3.05, 3.63) is 77.4 Å². The number of benzene rings is 2.